The molecule has 0 bridgehead atoms. The molecule has 1 heterocycles. The standard InChI is InChI=1S/C13H11N/c1-9-4-5-10-8-11-3-2-6-14-13(11)12(10)7-9/h2-7H,8H2,1H3. The normalized spacial score (nSPS) is 12.4. The third-order valence-corrected chi connectivity index (χ3v) is 2.79. The Bertz CT molecular complexity index is 500. The van der Waals surface area contributed by atoms with Crippen molar-refractivity contribution >= 4 is 0 Å². The van der Waals surface area contributed by atoms with Crippen LogP contribution in [0.1, 0.15) is 16.7 Å². The lowest BCUT2D eigenvalue weighted by molar-refractivity contribution is 1.23. The highest BCUT2D eigenvalue weighted by molar-refractivity contribution is 5.73. The summed E-state index contributed by atoms with van der Waals surface area (Å²) < 4.78 is 0. The lowest BCUT2D eigenvalue weighted by atomic mass is 10.1. The first kappa shape index (κ1) is 7.74. The molecule has 1 aromatic carbocycles. The summed E-state index contributed by atoms with van der Waals surface area (Å²) in [6.45, 7) is 2.13. The van der Waals surface area contributed by atoms with Gasteiger partial charge in [0.05, 0.1) is 5.69 Å². The molecule has 0 N–H and O–H groups in total. The van der Waals surface area contributed by atoms with E-state index in [-0.39, 0.29) is 0 Å². The predicted octanol–water partition coefficient (Wildman–Crippen LogP) is 2.96. The number of aromatic nitrogens is 1. The second-order valence-corrected chi connectivity index (χ2v) is 3.85. The van der Waals surface area contributed by atoms with Crippen molar-refractivity contribution in [3.8, 4) is 11.3 Å². The Morgan fingerprint density at radius 1 is 1.14 bits per heavy atom. The molecule has 14 heavy (non-hydrogen) atoms. The van der Waals surface area contributed by atoms with Gasteiger partial charge in [-0.2, -0.15) is 0 Å². The smallest absolute Gasteiger partial charge is 0.0740 e. The van der Waals surface area contributed by atoms with Crippen LogP contribution in [0.3, 0.4) is 0 Å². The Morgan fingerprint density at radius 2 is 2.07 bits per heavy atom. The maximum Gasteiger partial charge on any atom is 0.0740 e. The van der Waals surface area contributed by atoms with Crippen molar-refractivity contribution in [1.82, 2.24) is 4.98 Å². The van der Waals surface area contributed by atoms with E-state index in [0.29, 0.717) is 0 Å². The van der Waals surface area contributed by atoms with E-state index in [0.717, 1.165) is 6.42 Å². The molecule has 0 radical (unpaired) electrons. The highest BCUT2D eigenvalue weighted by Crippen LogP contribution is 2.34. The van der Waals surface area contributed by atoms with Crippen LogP contribution in [0.4, 0.5) is 0 Å². The minimum Gasteiger partial charge on any atom is -0.256 e. The first-order chi connectivity index (χ1) is 6.84. The zero-order valence-corrected chi connectivity index (χ0v) is 8.12. The molecule has 0 unspecified atom stereocenters. The predicted molar refractivity (Wildman–Crippen MR) is 57.2 cm³/mol. The summed E-state index contributed by atoms with van der Waals surface area (Å²) in [5.41, 5.74) is 6.56. The van der Waals surface area contributed by atoms with Gasteiger partial charge in [-0.15, -0.1) is 0 Å². The van der Waals surface area contributed by atoms with Gasteiger partial charge in [0.15, 0.2) is 0 Å². The fraction of sp³-hybridized carbons (Fsp3) is 0.154. The topological polar surface area (TPSA) is 12.9 Å². The van der Waals surface area contributed by atoms with Gasteiger partial charge in [-0.05, 0) is 30.2 Å². The molecular weight excluding hydrogens is 170 g/mol. The number of rotatable bonds is 0. The first-order valence-electron chi connectivity index (χ1n) is 4.88. The quantitative estimate of drug-likeness (QED) is 0.519. The summed E-state index contributed by atoms with van der Waals surface area (Å²) in [6.07, 6.45) is 2.91. The number of hydrogen-bond acceptors (Lipinski definition) is 1. The van der Waals surface area contributed by atoms with Gasteiger partial charge in [0.25, 0.3) is 0 Å². The van der Waals surface area contributed by atoms with E-state index in [4.69, 9.17) is 0 Å². The Kier molecular flexibility index (Phi) is 1.48. The van der Waals surface area contributed by atoms with Crippen LogP contribution in [0.25, 0.3) is 11.3 Å². The molecule has 0 saturated carbocycles. The molecule has 68 valence electrons. The zero-order valence-electron chi connectivity index (χ0n) is 8.12. The number of hydrogen-bond donors (Lipinski definition) is 0. The molecule has 1 aliphatic rings. The Morgan fingerprint density at radius 3 is 3.00 bits per heavy atom. The van der Waals surface area contributed by atoms with Crippen LogP contribution in [0.2, 0.25) is 0 Å². The number of benzene rings is 1. The van der Waals surface area contributed by atoms with E-state index < -0.39 is 0 Å². The lowest BCUT2D eigenvalue weighted by Crippen LogP contribution is -1.82. The van der Waals surface area contributed by atoms with Crippen LogP contribution in [0.15, 0.2) is 36.5 Å². The summed E-state index contributed by atoms with van der Waals surface area (Å²) in [6, 6.07) is 10.8. The van der Waals surface area contributed by atoms with Crippen LogP contribution >= 0.6 is 0 Å². The summed E-state index contributed by atoms with van der Waals surface area (Å²) in [4.78, 5) is 4.44. The molecular formula is C13H11N. The van der Waals surface area contributed by atoms with Crippen molar-refractivity contribution in [2.45, 2.75) is 13.3 Å². The molecule has 0 spiro atoms. The van der Waals surface area contributed by atoms with Crippen LogP contribution < -0.4 is 0 Å². The second-order valence-electron chi connectivity index (χ2n) is 3.85. The highest BCUT2D eigenvalue weighted by atomic mass is 14.7. The molecule has 1 nitrogen and oxygen atoms in total. The third-order valence-electron chi connectivity index (χ3n) is 2.79. The number of nitrogens with zero attached hydrogens (tertiary/aromatic N) is 1. The van der Waals surface area contributed by atoms with Crippen LogP contribution in [0.5, 0.6) is 0 Å². The molecule has 0 amide bonds. The molecule has 1 heteroatoms. The Labute approximate surface area is 83.4 Å². The SMILES string of the molecule is Cc1ccc2c(c1)-c1ncccc1C2. The van der Waals surface area contributed by atoms with Gasteiger partial charge in [-0.1, -0.05) is 23.8 Å². The van der Waals surface area contributed by atoms with Gasteiger partial charge in [0.2, 0.25) is 0 Å². The fourth-order valence-corrected chi connectivity index (χ4v) is 2.09. The highest BCUT2D eigenvalue weighted by Gasteiger charge is 2.18. The molecule has 1 aromatic heterocycles. The van der Waals surface area contributed by atoms with Crippen molar-refractivity contribution in [2.24, 2.45) is 0 Å². The Balaban J connectivity index is 2.30. The molecule has 1 aliphatic carbocycles. The van der Waals surface area contributed by atoms with E-state index in [9.17, 15) is 0 Å². The van der Waals surface area contributed by atoms with Gasteiger partial charge in [-0.3, -0.25) is 4.98 Å². The number of fused-ring (bicyclic) bond motifs is 3. The van der Waals surface area contributed by atoms with Gasteiger partial charge in [-0.25, -0.2) is 0 Å². The monoisotopic (exact) mass is 181 g/mol. The largest absolute Gasteiger partial charge is 0.256 e. The number of aryl methyl sites for hydroxylation is 1. The second kappa shape index (κ2) is 2.68. The molecule has 0 aliphatic heterocycles. The average molecular weight is 181 g/mol. The molecule has 2 aromatic rings. The molecule has 0 atom stereocenters. The summed E-state index contributed by atoms with van der Waals surface area (Å²) in [5.74, 6) is 0. The van der Waals surface area contributed by atoms with Crippen molar-refractivity contribution in [2.75, 3.05) is 0 Å². The van der Waals surface area contributed by atoms with Gasteiger partial charge < -0.3 is 0 Å². The van der Waals surface area contributed by atoms with Crippen molar-refractivity contribution in [1.29, 1.82) is 0 Å². The lowest BCUT2D eigenvalue weighted by Gasteiger charge is -2.00. The van der Waals surface area contributed by atoms with E-state index >= 15 is 0 Å². The Hall–Kier alpha value is -1.63. The van der Waals surface area contributed by atoms with E-state index in [1.807, 2.05) is 12.3 Å². The van der Waals surface area contributed by atoms with Crippen molar-refractivity contribution in [3.05, 3.63) is 53.2 Å². The average Bonchev–Trinajstić information content (AvgIpc) is 2.56. The molecule has 0 saturated heterocycles. The van der Waals surface area contributed by atoms with E-state index in [1.165, 1.54) is 27.9 Å². The maximum absolute atomic E-state index is 4.44. The van der Waals surface area contributed by atoms with Crippen molar-refractivity contribution in [3.63, 3.8) is 0 Å². The van der Waals surface area contributed by atoms with Gasteiger partial charge >= 0.3 is 0 Å². The molecule has 3 rings (SSSR count). The summed E-state index contributed by atoms with van der Waals surface area (Å²) >= 11 is 0. The van der Waals surface area contributed by atoms with Crippen molar-refractivity contribution < 1.29 is 0 Å². The van der Waals surface area contributed by atoms with E-state index in [2.05, 4.69) is 36.2 Å². The summed E-state index contributed by atoms with van der Waals surface area (Å²) in [5, 5.41) is 0. The van der Waals surface area contributed by atoms with Gasteiger partial charge in [0.1, 0.15) is 0 Å². The van der Waals surface area contributed by atoms with Crippen LogP contribution in [-0.4, -0.2) is 4.98 Å². The first-order valence-corrected chi connectivity index (χ1v) is 4.88. The maximum atomic E-state index is 4.44. The molecule has 0 fully saturated rings. The number of pyridine rings is 1. The van der Waals surface area contributed by atoms with Crippen LogP contribution in [0, 0.1) is 6.92 Å². The van der Waals surface area contributed by atoms with E-state index in [1.54, 1.807) is 0 Å². The fourth-order valence-electron chi connectivity index (χ4n) is 2.09. The van der Waals surface area contributed by atoms with Gasteiger partial charge in [0, 0.05) is 18.2 Å². The zero-order chi connectivity index (χ0) is 9.54. The van der Waals surface area contributed by atoms with Crippen LogP contribution in [-0.2, 0) is 6.42 Å². The summed E-state index contributed by atoms with van der Waals surface area (Å²) in [7, 11) is 0. The minimum atomic E-state index is 1.04. The third kappa shape index (κ3) is 0.987. The minimum absolute atomic E-state index is 1.04.